The van der Waals surface area contributed by atoms with E-state index in [1.54, 1.807) is 11.9 Å². The predicted octanol–water partition coefficient (Wildman–Crippen LogP) is -0.371. The van der Waals surface area contributed by atoms with Crippen molar-refractivity contribution in [3.05, 3.63) is 0 Å². The van der Waals surface area contributed by atoms with E-state index in [0.717, 1.165) is 12.8 Å². The topological polar surface area (TPSA) is 98.7 Å². The lowest BCUT2D eigenvalue weighted by Gasteiger charge is -2.31. The van der Waals surface area contributed by atoms with Crippen molar-refractivity contribution in [3.63, 3.8) is 0 Å². The number of hydrogen-bond donors (Lipinski definition) is 3. The van der Waals surface area contributed by atoms with E-state index in [1.165, 1.54) is 0 Å². The van der Waals surface area contributed by atoms with Gasteiger partial charge in [-0.1, -0.05) is 0 Å². The van der Waals surface area contributed by atoms with Crippen LogP contribution in [0.15, 0.2) is 0 Å². The second-order valence-corrected chi connectivity index (χ2v) is 4.28. The van der Waals surface area contributed by atoms with Crippen LogP contribution < -0.4 is 10.6 Å². The van der Waals surface area contributed by atoms with Crippen LogP contribution in [-0.2, 0) is 9.59 Å². The molecule has 3 N–H and O–H groups in total. The molecule has 0 aliphatic carbocycles. The molecule has 102 valence electrons. The summed E-state index contributed by atoms with van der Waals surface area (Å²) in [5.74, 6) is -1.18. The Kier molecular flexibility index (Phi) is 5.41. The number of rotatable bonds is 4. The van der Waals surface area contributed by atoms with E-state index in [-0.39, 0.29) is 30.8 Å². The van der Waals surface area contributed by atoms with Gasteiger partial charge in [0.1, 0.15) is 0 Å². The Morgan fingerprint density at radius 1 is 1.39 bits per heavy atom. The van der Waals surface area contributed by atoms with Crippen molar-refractivity contribution in [2.24, 2.45) is 5.92 Å². The van der Waals surface area contributed by atoms with Gasteiger partial charge >= 0.3 is 12.0 Å². The summed E-state index contributed by atoms with van der Waals surface area (Å²) >= 11 is 0. The molecule has 7 heteroatoms. The molecular formula is C11H19N3O4. The Hall–Kier alpha value is -1.79. The summed E-state index contributed by atoms with van der Waals surface area (Å²) < 4.78 is 0. The lowest BCUT2D eigenvalue weighted by molar-refractivity contribution is -0.136. The second-order valence-electron chi connectivity index (χ2n) is 4.28. The number of carbonyl (C=O) groups excluding carboxylic acids is 2. The summed E-state index contributed by atoms with van der Waals surface area (Å²) in [7, 11) is 1.58. The van der Waals surface area contributed by atoms with Gasteiger partial charge in [0.05, 0.1) is 12.3 Å². The molecule has 1 saturated heterocycles. The van der Waals surface area contributed by atoms with Crippen molar-refractivity contribution in [2.45, 2.75) is 19.3 Å². The van der Waals surface area contributed by atoms with Gasteiger partial charge in [0.25, 0.3) is 0 Å². The van der Waals surface area contributed by atoms with E-state index < -0.39 is 5.97 Å². The number of carbonyl (C=O) groups is 3. The number of nitrogens with one attached hydrogen (secondary N) is 2. The fourth-order valence-corrected chi connectivity index (χ4v) is 1.97. The normalized spacial score (nSPS) is 19.2. The molecule has 1 atom stereocenters. The molecule has 0 bridgehead atoms. The minimum absolute atomic E-state index is 0.0574. The van der Waals surface area contributed by atoms with E-state index >= 15 is 0 Å². The lowest BCUT2D eigenvalue weighted by Crippen LogP contribution is -2.48. The third kappa shape index (κ3) is 4.23. The summed E-state index contributed by atoms with van der Waals surface area (Å²) in [4.78, 5) is 35.1. The number of urea groups is 1. The number of piperidine rings is 1. The average molecular weight is 257 g/mol. The molecule has 0 aromatic heterocycles. The van der Waals surface area contributed by atoms with E-state index in [2.05, 4.69) is 10.6 Å². The minimum Gasteiger partial charge on any atom is -0.481 e. The van der Waals surface area contributed by atoms with Gasteiger partial charge in [-0.2, -0.15) is 0 Å². The summed E-state index contributed by atoms with van der Waals surface area (Å²) in [6, 6.07) is -0.301. The zero-order valence-electron chi connectivity index (χ0n) is 10.4. The van der Waals surface area contributed by atoms with Crippen LogP contribution in [0.1, 0.15) is 19.3 Å². The maximum Gasteiger partial charge on any atom is 0.317 e. The first-order chi connectivity index (χ1) is 8.54. The molecule has 18 heavy (non-hydrogen) atoms. The highest BCUT2D eigenvalue weighted by Crippen LogP contribution is 2.16. The average Bonchev–Trinajstić information content (AvgIpc) is 2.37. The molecule has 0 radical (unpaired) electrons. The zero-order chi connectivity index (χ0) is 13.5. The van der Waals surface area contributed by atoms with E-state index in [1.807, 2.05) is 0 Å². The Bertz CT molecular complexity index is 332. The SMILES string of the molecule is CNC(=O)C1CCCN(C(=O)NCCC(=O)O)C1. The van der Waals surface area contributed by atoms with Crippen LogP contribution >= 0.6 is 0 Å². The van der Waals surface area contributed by atoms with E-state index in [9.17, 15) is 14.4 Å². The van der Waals surface area contributed by atoms with Gasteiger partial charge in [-0.05, 0) is 12.8 Å². The third-order valence-electron chi connectivity index (χ3n) is 2.94. The van der Waals surface area contributed by atoms with Crippen molar-refractivity contribution < 1.29 is 19.5 Å². The summed E-state index contributed by atoms with van der Waals surface area (Å²) in [5.41, 5.74) is 0. The van der Waals surface area contributed by atoms with Crippen molar-refractivity contribution in [3.8, 4) is 0 Å². The Labute approximate surface area is 106 Å². The highest BCUT2D eigenvalue weighted by Gasteiger charge is 2.27. The number of hydrogen-bond acceptors (Lipinski definition) is 3. The standard InChI is InChI=1S/C11H19N3O4/c1-12-10(17)8-3-2-6-14(7-8)11(18)13-5-4-9(15)16/h8H,2-7H2,1H3,(H,12,17)(H,13,18)(H,15,16). The Morgan fingerprint density at radius 2 is 2.11 bits per heavy atom. The van der Waals surface area contributed by atoms with Crippen LogP contribution in [0.25, 0.3) is 0 Å². The number of aliphatic carboxylic acids is 1. The molecule has 0 aromatic carbocycles. The molecule has 1 aliphatic heterocycles. The quantitative estimate of drug-likeness (QED) is 0.640. The van der Waals surface area contributed by atoms with Crippen LogP contribution in [0.3, 0.4) is 0 Å². The third-order valence-corrected chi connectivity index (χ3v) is 2.94. The molecule has 0 saturated carbocycles. The van der Waals surface area contributed by atoms with Crippen LogP contribution in [-0.4, -0.2) is 54.6 Å². The van der Waals surface area contributed by atoms with Crippen molar-refractivity contribution in [1.29, 1.82) is 0 Å². The molecule has 1 rings (SSSR count). The van der Waals surface area contributed by atoms with Crippen LogP contribution in [0.2, 0.25) is 0 Å². The first-order valence-electron chi connectivity index (χ1n) is 6.00. The number of amides is 3. The van der Waals surface area contributed by atoms with Gasteiger partial charge in [-0.15, -0.1) is 0 Å². The summed E-state index contributed by atoms with van der Waals surface area (Å²) in [6.45, 7) is 1.10. The number of carboxylic acid groups (broad SMARTS) is 1. The van der Waals surface area contributed by atoms with Crippen LogP contribution in [0.5, 0.6) is 0 Å². The molecule has 1 heterocycles. The summed E-state index contributed by atoms with van der Waals surface area (Å²) in [5, 5.41) is 13.6. The largest absolute Gasteiger partial charge is 0.481 e. The molecule has 1 unspecified atom stereocenters. The van der Waals surface area contributed by atoms with Gasteiger partial charge in [0.15, 0.2) is 0 Å². The molecule has 1 aliphatic rings. The van der Waals surface area contributed by atoms with Gasteiger partial charge in [-0.25, -0.2) is 4.79 Å². The summed E-state index contributed by atoms with van der Waals surface area (Å²) in [6.07, 6.45) is 1.46. The van der Waals surface area contributed by atoms with Gasteiger partial charge in [0, 0.05) is 26.7 Å². The predicted molar refractivity (Wildman–Crippen MR) is 64.0 cm³/mol. The van der Waals surface area contributed by atoms with Gasteiger partial charge in [-0.3, -0.25) is 9.59 Å². The fraction of sp³-hybridized carbons (Fsp3) is 0.727. The van der Waals surface area contributed by atoms with E-state index in [0.29, 0.717) is 13.1 Å². The monoisotopic (exact) mass is 257 g/mol. The highest BCUT2D eigenvalue weighted by atomic mass is 16.4. The molecular weight excluding hydrogens is 238 g/mol. The van der Waals surface area contributed by atoms with Gasteiger partial charge < -0.3 is 20.6 Å². The van der Waals surface area contributed by atoms with Gasteiger partial charge in [0.2, 0.25) is 5.91 Å². The molecule has 1 fully saturated rings. The number of carboxylic acids is 1. The van der Waals surface area contributed by atoms with Crippen LogP contribution in [0, 0.1) is 5.92 Å². The second kappa shape index (κ2) is 6.83. The fourth-order valence-electron chi connectivity index (χ4n) is 1.97. The maximum atomic E-state index is 11.7. The lowest BCUT2D eigenvalue weighted by atomic mass is 9.97. The highest BCUT2D eigenvalue weighted by molar-refractivity contribution is 5.80. The minimum atomic E-state index is -0.947. The molecule has 0 spiro atoms. The van der Waals surface area contributed by atoms with E-state index in [4.69, 9.17) is 5.11 Å². The molecule has 0 aromatic rings. The maximum absolute atomic E-state index is 11.7. The first-order valence-corrected chi connectivity index (χ1v) is 6.00. The molecule has 7 nitrogen and oxygen atoms in total. The molecule has 3 amide bonds. The van der Waals surface area contributed by atoms with Crippen molar-refractivity contribution in [1.82, 2.24) is 15.5 Å². The Morgan fingerprint density at radius 3 is 2.72 bits per heavy atom. The zero-order valence-corrected chi connectivity index (χ0v) is 10.4. The number of likely N-dealkylation sites (tertiary alicyclic amines) is 1. The Balaban J connectivity index is 2.38. The van der Waals surface area contributed by atoms with Crippen LogP contribution in [0.4, 0.5) is 4.79 Å². The smallest absolute Gasteiger partial charge is 0.317 e. The first kappa shape index (κ1) is 14.3. The van der Waals surface area contributed by atoms with Crippen molar-refractivity contribution >= 4 is 17.9 Å². The van der Waals surface area contributed by atoms with Crippen molar-refractivity contribution in [2.75, 3.05) is 26.7 Å². The number of nitrogens with zero attached hydrogens (tertiary/aromatic N) is 1.